The highest BCUT2D eigenvalue weighted by atomic mass is 16.1. The fourth-order valence-corrected chi connectivity index (χ4v) is 3.04. The highest BCUT2D eigenvalue weighted by Crippen LogP contribution is 2.39. The molecule has 0 amide bonds. The third kappa shape index (κ3) is 3.18. The summed E-state index contributed by atoms with van der Waals surface area (Å²) in [6.07, 6.45) is 5.99. The van der Waals surface area contributed by atoms with Crippen LogP contribution in [0.1, 0.15) is 56.1 Å². The predicted octanol–water partition coefficient (Wildman–Crippen LogP) is 4.25. The maximum atomic E-state index is 11.5. The average Bonchev–Trinajstić information content (AvgIpc) is 2.80. The molecule has 0 N–H and O–H groups in total. The molecule has 0 spiro atoms. The van der Waals surface area contributed by atoms with Crippen molar-refractivity contribution in [2.75, 3.05) is 0 Å². The van der Waals surface area contributed by atoms with Crippen molar-refractivity contribution in [3.63, 3.8) is 0 Å². The Morgan fingerprint density at radius 1 is 1.24 bits per heavy atom. The van der Waals surface area contributed by atoms with Crippen LogP contribution in [0.2, 0.25) is 0 Å². The first-order chi connectivity index (χ1) is 8.16. The summed E-state index contributed by atoms with van der Waals surface area (Å²) in [4.78, 5) is 11.5. The van der Waals surface area contributed by atoms with Gasteiger partial charge in [0, 0.05) is 6.42 Å². The SMILES string of the molecule is CC(=O)C[C@H](c1ccc(C)cc1)C1CCCC1. The topological polar surface area (TPSA) is 17.1 Å². The lowest BCUT2D eigenvalue weighted by Crippen LogP contribution is -2.13. The molecule has 0 saturated heterocycles. The minimum atomic E-state index is 0.322. The van der Waals surface area contributed by atoms with E-state index >= 15 is 0 Å². The van der Waals surface area contributed by atoms with Crippen LogP contribution in [-0.2, 0) is 4.79 Å². The molecule has 0 bridgehead atoms. The van der Waals surface area contributed by atoms with Gasteiger partial charge in [0.05, 0.1) is 0 Å². The van der Waals surface area contributed by atoms with E-state index in [2.05, 4.69) is 31.2 Å². The smallest absolute Gasteiger partial charge is 0.130 e. The second-order valence-corrected chi connectivity index (χ2v) is 5.47. The number of Topliss-reactive ketones (excluding diaryl/α,β-unsaturated/α-hetero) is 1. The van der Waals surface area contributed by atoms with Crippen LogP contribution in [0, 0.1) is 12.8 Å². The van der Waals surface area contributed by atoms with Crippen molar-refractivity contribution >= 4 is 5.78 Å². The van der Waals surface area contributed by atoms with E-state index < -0.39 is 0 Å². The Morgan fingerprint density at radius 3 is 2.35 bits per heavy atom. The van der Waals surface area contributed by atoms with Gasteiger partial charge in [0.25, 0.3) is 0 Å². The van der Waals surface area contributed by atoms with Gasteiger partial charge in [-0.15, -0.1) is 0 Å². The van der Waals surface area contributed by atoms with Crippen molar-refractivity contribution in [3.05, 3.63) is 35.4 Å². The molecule has 2 rings (SSSR count). The summed E-state index contributed by atoms with van der Waals surface area (Å²) in [5, 5.41) is 0. The molecule has 1 aromatic rings. The second kappa shape index (κ2) is 5.48. The van der Waals surface area contributed by atoms with Crippen molar-refractivity contribution in [2.24, 2.45) is 5.92 Å². The van der Waals surface area contributed by atoms with E-state index in [0.29, 0.717) is 18.1 Å². The van der Waals surface area contributed by atoms with Gasteiger partial charge in [-0.05, 0) is 44.1 Å². The fourth-order valence-electron chi connectivity index (χ4n) is 3.04. The summed E-state index contributed by atoms with van der Waals surface area (Å²) in [7, 11) is 0. The fraction of sp³-hybridized carbons (Fsp3) is 0.562. The highest BCUT2D eigenvalue weighted by molar-refractivity contribution is 5.76. The van der Waals surface area contributed by atoms with Gasteiger partial charge in [0.15, 0.2) is 0 Å². The molecule has 0 radical (unpaired) electrons. The molecule has 1 aliphatic carbocycles. The van der Waals surface area contributed by atoms with E-state index in [1.54, 1.807) is 6.92 Å². The number of hydrogen-bond acceptors (Lipinski definition) is 1. The van der Waals surface area contributed by atoms with Crippen LogP contribution in [0.15, 0.2) is 24.3 Å². The van der Waals surface area contributed by atoms with Crippen molar-refractivity contribution in [1.82, 2.24) is 0 Å². The first-order valence-corrected chi connectivity index (χ1v) is 6.73. The minimum Gasteiger partial charge on any atom is -0.300 e. The lowest BCUT2D eigenvalue weighted by atomic mass is 9.81. The van der Waals surface area contributed by atoms with Crippen LogP contribution in [0.3, 0.4) is 0 Å². The Morgan fingerprint density at radius 2 is 1.82 bits per heavy atom. The second-order valence-electron chi connectivity index (χ2n) is 5.47. The third-order valence-corrected chi connectivity index (χ3v) is 3.98. The average molecular weight is 230 g/mol. The van der Waals surface area contributed by atoms with Crippen LogP contribution in [0.5, 0.6) is 0 Å². The summed E-state index contributed by atoms with van der Waals surface area (Å²) in [6.45, 7) is 3.83. The number of rotatable bonds is 4. The first-order valence-electron chi connectivity index (χ1n) is 6.73. The molecular formula is C16H22O. The minimum absolute atomic E-state index is 0.322. The molecule has 0 aliphatic heterocycles. The molecule has 1 atom stereocenters. The summed E-state index contributed by atoms with van der Waals surface area (Å²) >= 11 is 0. The maximum absolute atomic E-state index is 11.5. The van der Waals surface area contributed by atoms with Gasteiger partial charge in [-0.1, -0.05) is 42.7 Å². The van der Waals surface area contributed by atoms with Crippen LogP contribution in [0.4, 0.5) is 0 Å². The Balaban J connectivity index is 2.19. The molecule has 92 valence electrons. The molecule has 0 aromatic heterocycles. The lowest BCUT2D eigenvalue weighted by molar-refractivity contribution is -0.117. The van der Waals surface area contributed by atoms with Gasteiger partial charge in [-0.3, -0.25) is 0 Å². The Hall–Kier alpha value is -1.11. The molecular weight excluding hydrogens is 208 g/mol. The Bertz CT molecular complexity index is 371. The quantitative estimate of drug-likeness (QED) is 0.755. The number of hydrogen-bond donors (Lipinski definition) is 0. The van der Waals surface area contributed by atoms with Crippen molar-refractivity contribution in [3.8, 4) is 0 Å². The number of carbonyl (C=O) groups excluding carboxylic acids is 1. The van der Waals surface area contributed by atoms with Crippen molar-refractivity contribution in [2.45, 2.75) is 51.9 Å². The number of carbonyl (C=O) groups is 1. The van der Waals surface area contributed by atoms with Gasteiger partial charge in [0.1, 0.15) is 5.78 Å². The number of benzene rings is 1. The van der Waals surface area contributed by atoms with Crippen molar-refractivity contribution < 1.29 is 4.79 Å². The van der Waals surface area contributed by atoms with Gasteiger partial charge >= 0.3 is 0 Å². The third-order valence-electron chi connectivity index (χ3n) is 3.98. The maximum Gasteiger partial charge on any atom is 0.130 e. The standard InChI is InChI=1S/C16H22O/c1-12-7-9-15(10-8-12)16(11-13(2)17)14-5-3-4-6-14/h7-10,14,16H,3-6,11H2,1-2H3/t16-/m0/s1. The van der Waals surface area contributed by atoms with E-state index in [1.165, 1.54) is 36.8 Å². The van der Waals surface area contributed by atoms with Gasteiger partial charge in [-0.2, -0.15) is 0 Å². The molecule has 1 nitrogen and oxygen atoms in total. The molecule has 0 unspecified atom stereocenters. The summed E-state index contributed by atoms with van der Waals surface area (Å²) in [5.74, 6) is 1.50. The zero-order valence-corrected chi connectivity index (χ0v) is 10.9. The lowest BCUT2D eigenvalue weighted by Gasteiger charge is -2.23. The van der Waals surface area contributed by atoms with Gasteiger partial charge < -0.3 is 4.79 Å². The van der Waals surface area contributed by atoms with Gasteiger partial charge in [0.2, 0.25) is 0 Å². The largest absolute Gasteiger partial charge is 0.300 e. The normalized spacial score (nSPS) is 18.2. The predicted molar refractivity (Wildman–Crippen MR) is 71.2 cm³/mol. The van der Waals surface area contributed by atoms with Crippen LogP contribution in [-0.4, -0.2) is 5.78 Å². The van der Waals surface area contributed by atoms with E-state index in [9.17, 15) is 4.79 Å². The van der Waals surface area contributed by atoms with E-state index in [4.69, 9.17) is 0 Å². The molecule has 17 heavy (non-hydrogen) atoms. The first kappa shape index (κ1) is 12.3. The van der Waals surface area contributed by atoms with E-state index in [-0.39, 0.29) is 0 Å². The van der Waals surface area contributed by atoms with Crippen LogP contribution < -0.4 is 0 Å². The molecule has 1 aromatic carbocycles. The zero-order chi connectivity index (χ0) is 12.3. The number of ketones is 1. The molecule has 0 heterocycles. The number of aryl methyl sites for hydroxylation is 1. The Labute approximate surface area is 104 Å². The van der Waals surface area contributed by atoms with Crippen molar-refractivity contribution in [1.29, 1.82) is 0 Å². The van der Waals surface area contributed by atoms with E-state index in [0.717, 1.165) is 5.92 Å². The van der Waals surface area contributed by atoms with Crippen LogP contribution >= 0.6 is 0 Å². The zero-order valence-electron chi connectivity index (χ0n) is 10.9. The molecule has 1 saturated carbocycles. The molecule has 1 aliphatic rings. The van der Waals surface area contributed by atoms with Gasteiger partial charge in [-0.25, -0.2) is 0 Å². The monoisotopic (exact) mass is 230 g/mol. The Kier molecular flexibility index (Phi) is 3.98. The summed E-state index contributed by atoms with van der Waals surface area (Å²) in [5.41, 5.74) is 2.65. The van der Waals surface area contributed by atoms with Crippen LogP contribution in [0.25, 0.3) is 0 Å². The summed E-state index contributed by atoms with van der Waals surface area (Å²) < 4.78 is 0. The highest BCUT2D eigenvalue weighted by Gasteiger charge is 2.27. The molecule has 1 heteroatoms. The van der Waals surface area contributed by atoms with E-state index in [1.807, 2.05) is 0 Å². The summed E-state index contributed by atoms with van der Waals surface area (Å²) in [6, 6.07) is 8.75. The molecule has 1 fully saturated rings.